The Hall–Kier alpha value is -2.70. The standard InChI is InChI=1S/C22H22Cl2O6/c1-3-28-22(26)21(15(2)12-27-13-16-7-5-4-6-8-16)30-20(25)14-29-19-10-9-17(23)11-18(19)24/h4-12,21H,3,13-14H2,1-2H3/b15-12+. The van der Waals surface area contributed by atoms with E-state index in [1.54, 1.807) is 19.9 Å². The first-order valence-corrected chi connectivity index (χ1v) is 9.92. The van der Waals surface area contributed by atoms with Gasteiger partial charge in [-0.2, -0.15) is 0 Å². The van der Waals surface area contributed by atoms with Gasteiger partial charge in [-0.3, -0.25) is 0 Å². The lowest BCUT2D eigenvalue weighted by molar-refractivity contribution is -0.166. The Morgan fingerprint density at radius 1 is 1.10 bits per heavy atom. The Morgan fingerprint density at radius 2 is 1.83 bits per heavy atom. The van der Waals surface area contributed by atoms with Gasteiger partial charge in [0.05, 0.1) is 17.9 Å². The van der Waals surface area contributed by atoms with Gasteiger partial charge < -0.3 is 18.9 Å². The zero-order valence-electron chi connectivity index (χ0n) is 16.6. The van der Waals surface area contributed by atoms with Crippen LogP contribution < -0.4 is 4.74 Å². The summed E-state index contributed by atoms with van der Waals surface area (Å²) < 4.78 is 21.1. The van der Waals surface area contributed by atoms with Crippen LogP contribution in [0.1, 0.15) is 19.4 Å². The quantitative estimate of drug-likeness (QED) is 0.374. The highest BCUT2D eigenvalue weighted by molar-refractivity contribution is 6.35. The van der Waals surface area contributed by atoms with Gasteiger partial charge in [-0.1, -0.05) is 53.5 Å². The summed E-state index contributed by atoms with van der Waals surface area (Å²) in [6.45, 7) is 3.27. The summed E-state index contributed by atoms with van der Waals surface area (Å²) >= 11 is 11.8. The van der Waals surface area contributed by atoms with Crippen molar-refractivity contribution in [3.8, 4) is 5.75 Å². The smallest absolute Gasteiger partial charge is 0.351 e. The van der Waals surface area contributed by atoms with Crippen molar-refractivity contribution in [2.45, 2.75) is 26.6 Å². The van der Waals surface area contributed by atoms with Crippen LogP contribution in [0.4, 0.5) is 0 Å². The minimum Gasteiger partial charge on any atom is -0.496 e. The van der Waals surface area contributed by atoms with Gasteiger partial charge in [0.25, 0.3) is 0 Å². The average Bonchev–Trinajstić information content (AvgIpc) is 2.72. The topological polar surface area (TPSA) is 71.1 Å². The predicted molar refractivity (Wildman–Crippen MR) is 113 cm³/mol. The van der Waals surface area contributed by atoms with Crippen LogP contribution in [0.2, 0.25) is 10.0 Å². The van der Waals surface area contributed by atoms with Gasteiger partial charge in [-0.05, 0) is 37.6 Å². The molecule has 0 aliphatic carbocycles. The van der Waals surface area contributed by atoms with Crippen molar-refractivity contribution in [3.05, 3.63) is 76.0 Å². The number of benzene rings is 2. The summed E-state index contributed by atoms with van der Waals surface area (Å²) in [5.74, 6) is -1.20. The summed E-state index contributed by atoms with van der Waals surface area (Å²) in [7, 11) is 0. The van der Waals surface area contributed by atoms with Crippen molar-refractivity contribution in [2.24, 2.45) is 0 Å². The number of carbonyl (C=O) groups is 2. The molecule has 2 aromatic rings. The second-order valence-corrected chi connectivity index (χ2v) is 6.99. The van der Waals surface area contributed by atoms with E-state index in [-0.39, 0.29) is 17.4 Å². The number of hydrogen-bond donors (Lipinski definition) is 0. The van der Waals surface area contributed by atoms with Crippen LogP contribution in [-0.4, -0.2) is 31.3 Å². The maximum absolute atomic E-state index is 12.2. The van der Waals surface area contributed by atoms with Crippen LogP contribution in [0.3, 0.4) is 0 Å². The largest absolute Gasteiger partial charge is 0.496 e. The van der Waals surface area contributed by atoms with Crippen molar-refractivity contribution in [1.82, 2.24) is 0 Å². The molecular formula is C22H22Cl2O6. The average molecular weight is 453 g/mol. The molecule has 0 heterocycles. The molecule has 0 saturated heterocycles. The van der Waals surface area contributed by atoms with Crippen molar-refractivity contribution >= 4 is 35.1 Å². The highest BCUT2D eigenvalue weighted by Gasteiger charge is 2.27. The molecule has 0 spiro atoms. The maximum atomic E-state index is 12.2. The van der Waals surface area contributed by atoms with Gasteiger partial charge >= 0.3 is 11.9 Å². The van der Waals surface area contributed by atoms with E-state index in [1.807, 2.05) is 30.3 Å². The Bertz CT molecular complexity index is 882. The van der Waals surface area contributed by atoms with E-state index in [4.69, 9.17) is 42.1 Å². The van der Waals surface area contributed by atoms with Crippen LogP contribution >= 0.6 is 23.2 Å². The second kappa shape index (κ2) is 12.1. The normalized spacial score (nSPS) is 12.1. The van der Waals surface area contributed by atoms with E-state index in [9.17, 15) is 9.59 Å². The predicted octanol–water partition coefficient (Wildman–Crippen LogP) is 4.97. The van der Waals surface area contributed by atoms with E-state index in [0.29, 0.717) is 17.2 Å². The van der Waals surface area contributed by atoms with E-state index in [2.05, 4.69) is 0 Å². The third kappa shape index (κ3) is 7.61. The number of hydrogen-bond acceptors (Lipinski definition) is 6. The molecule has 160 valence electrons. The third-order valence-corrected chi connectivity index (χ3v) is 4.30. The van der Waals surface area contributed by atoms with E-state index in [1.165, 1.54) is 18.4 Å². The number of carbonyl (C=O) groups excluding carboxylic acids is 2. The Balaban J connectivity index is 1.97. The van der Waals surface area contributed by atoms with Crippen molar-refractivity contribution in [1.29, 1.82) is 0 Å². The lowest BCUT2D eigenvalue weighted by Crippen LogP contribution is -2.32. The van der Waals surface area contributed by atoms with E-state index in [0.717, 1.165) is 5.56 Å². The number of esters is 2. The van der Waals surface area contributed by atoms with Gasteiger partial charge in [0, 0.05) is 10.6 Å². The SMILES string of the molecule is CCOC(=O)C(OC(=O)COc1ccc(Cl)cc1Cl)/C(C)=C/OCc1ccccc1. The molecule has 0 aliphatic rings. The molecule has 0 aliphatic heterocycles. The number of ether oxygens (including phenoxy) is 4. The molecule has 1 atom stereocenters. The van der Waals surface area contributed by atoms with Crippen LogP contribution in [-0.2, 0) is 30.4 Å². The van der Waals surface area contributed by atoms with Crippen molar-refractivity contribution in [3.63, 3.8) is 0 Å². The summed E-state index contributed by atoms with van der Waals surface area (Å²) in [5.41, 5.74) is 1.33. The van der Waals surface area contributed by atoms with Gasteiger partial charge in [0.15, 0.2) is 6.61 Å². The lowest BCUT2D eigenvalue weighted by atomic mass is 10.2. The zero-order chi connectivity index (χ0) is 21.9. The van der Waals surface area contributed by atoms with Crippen LogP contribution in [0.15, 0.2) is 60.4 Å². The summed E-state index contributed by atoms with van der Waals surface area (Å²) in [6.07, 6.45) is 0.121. The first kappa shape index (κ1) is 23.6. The molecule has 0 fully saturated rings. The molecule has 0 bridgehead atoms. The van der Waals surface area contributed by atoms with Gasteiger partial charge in [-0.25, -0.2) is 9.59 Å². The molecular weight excluding hydrogens is 431 g/mol. The fourth-order valence-electron chi connectivity index (χ4n) is 2.34. The molecule has 0 aromatic heterocycles. The Morgan fingerprint density at radius 3 is 2.50 bits per heavy atom. The highest BCUT2D eigenvalue weighted by Crippen LogP contribution is 2.27. The molecule has 0 amide bonds. The molecule has 0 saturated carbocycles. The molecule has 2 rings (SSSR count). The van der Waals surface area contributed by atoms with Crippen LogP contribution in [0.5, 0.6) is 5.75 Å². The van der Waals surface area contributed by atoms with Gasteiger partial charge in [0.1, 0.15) is 12.4 Å². The Labute approximate surface area is 185 Å². The fourth-order valence-corrected chi connectivity index (χ4v) is 2.81. The zero-order valence-corrected chi connectivity index (χ0v) is 18.1. The molecule has 0 radical (unpaired) electrons. The monoisotopic (exact) mass is 452 g/mol. The summed E-state index contributed by atoms with van der Waals surface area (Å²) in [5, 5.41) is 0.691. The minimum absolute atomic E-state index is 0.141. The molecule has 6 nitrogen and oxygen atoms in total. The van der Waals surface area contributed by atoms with Crippen molar-refractivity contribution in [2.75, 3.05) is 13.2 Å². The summed E-state index contributed by atoms with van der Waals surface area (Å²) in [4.78, 5) is 24.5. The van der Waals surface area contributed by atoms with Gasteiger partial charge in [0.2, 0.25) is 6.10 Å². The lowest BCUT2D eigenvalue weighted by Gasteiger charge is -2.17. The molecule has 2 aromatic carbocycles. The van der Waals surface area contributed by atoms with Crippen LogP contribution in [0, 0.1) is 0 Å². The molecule has 0 N–H and O–H groups in total. The van der Waals surface area contributed by atoms with Crippen LogP contribution in [0.25, 0.3) is 0 Å². The first-order valence-electron chi connectivity index (χ1n) is 9.16. The van der Waals surface area contributed by atoms with Gasteiger partial charge in [-0.15, -0.1) is 0 Å². The number of halogens is 2. The maximum Gasteiger partial charge on any atom is 0.351 e. The Kier molecular flexibility index (Phi) is 9.51. The van der Waals surface area contributed by atoms with E-state index < -0.39 is 24.6 Å². The molecule has 30 heavy (non-hydrogen) atoms. The first-order chi connectivity index (χ1) is 14.4. The summed E-state index contributed by atoms with van der Waals surface area (Å²) in [6, 6.07) is 14.1. The van der Waals surface area contributed by atoms with Crippen molar-refractivity contribution < 1.29 is 28.5 Å². The molecule has 1 unspecified atom stereocenters. The molecule has 8 heteroatoms. The third-order valence-electron chi connectivity index (χ3n) is 3.77. The minimum atomic E-state index is -1.25. The fraction of sp³-hybridized carbons (Fsp3) is 0.273. The highest BCUT2D eigenvalue weighted by atomic mass is 35.5. The van der Waals surface area contributed by atoms with E-state index >= 15 is 0 Å². The second-order valence-electron chi connectivity index (χ2n) is 6.14. The number of rotatable bonds is 10.